The topological polar surface area (TPSA) is 73.8 Å². The molecule has 0 bridgehead atoms. The van der Waals surface area contributed by atoms with Crippen LogP contribution in [0.5, 0.6) is 0 Å². The van der Waals surface area contributed by atoms with E-state index >= 15 is 0 Å². The molecule has 1 aromatic carbocycles. The van der Waals surface area contributed by atoms with Crippen molar-refractivity contribution in [1.82, 2.24) is 15.5 Å². The molecular weight excluding hydrogens is 348 g/mol. The molecule has 7 heteroatoms. The molecule has 0 spiro atoms. The highest BCUT2D eigenvalue weighted by molar-refractivity contribution is 7.91. The fourth-order valence-electron chi connectivity index (χ4n) is 3.40. The predicted molar refractivity (Wildman–Crippen MR) is 107 cm³/mol. The van der Waals surface area contributed by atoms with Gasteiger partial charge in [0.1, 0.15) is 0 Å². The molecule has 1 aliphatic rings. The minimum absolute atomic E-state index is 0.0543. The Hall–Kier alpha value is -1.60. The Kier molecular flexibility index (Phi) is 7.90. The van der Waals surface area contributed by atoms with E-state index in [0.29, 0.717) is 23.3 Å². The number of rotatable bonds is 8. The van der Waals surface area contributed by atoms with Crippen molar-refractivity contribution in [2.24, 2.45) is 4.99 Å². The van der Waals surface area contributed by atoms with E-state index in [4.69, 9.17) is 0 Å². The molecule has 0 aromatic heterocycles. The van der Waals surface area contributed by atoms with Crippen LogP contribution in [-0.2, 0) is 9.84 Å². The average Bonchev–Trinajstić information content (AvgIpc) is 3.12. The second kappa shape index (κ2) is 9.92. The lowest BCUT2D eigenvalue weighted by Gasteiger charge is -2.25. The average molecular weight is 381 g/mol. The van der Waals surface area contributed by atoms with Crippen molar-refractivity contribution in [2.75, 3.05) is 32.4 Å². The van der Waals surface area contributed by atoms with Crippen molar-refractivity contribution >= 4 is 15.8 Å². The summed E-state index contributed by atoms with van der Waals surface area (Å²) in [5.41, 5.74) is 0. The minimum atomic E-state index is -3.32. The lowest BCUT2D eigenvalue weighted by molar-refractivity contribution is 0.267. The lowest BCUT2D eigenvalue weighted by Crippen LogP contribution is -2.49. The Labute approximate surface area is 158 Å². The molecule has 2 atom stereocenters. The number of hydrogen-bond acceptors (Lipinski definition) is 4. The maximum absolute atomic E-state index is 12.6. The van der Waals surface area contributed by atoms with Crippen molar-refractivity contribution in [1.29, 1.82) is 0 Å². The minimum Gasteiger partial charge on any atom is -0.355 e. The van der Waals surface area contributed by atoms with Crippen molar-refractivity contribution in [3.8, 4) is 0 Å². The van der Waals surface area contributed by atoms with Crippen molar-refractivity contribution < 1.29 is 8.42 Å². The SMILES string of the molecule is CCC(CS(=O)(=O)c1ccccc1)NC(=NC)NCC1CCCN1CC. The van der Waals surface area contributed by atoms with E-state index in [1.165, 1.54) is 12.8 Å². The third-order valence-corrected chi connectivity index (χ3v) is 6.82. The fourth-order valence-corrected chi connectivity index (χ4v) is 5.01. The summed E-state index contributed by atoms with van der Waals surface area (Å²) in [7, 11) is -1.60. The largest absolute Gasteiger partial charge is 0.355 e. The summed E-state index contributed by atoms with van der Waals surface area (Å²) >= 11 is 0. The monoisotopic (exact) mass is 380 g/mol. The first-order valence-corrected chi connectivity index (χ1v) is 11.1. The number of likely N-dealkylation sites (N-methyl/N-ethyl adjacent to an activating group) is 1. The highest BCUT2D eigenvalue weighted by Crippen LogP contribution is 2.15. The Morgan fingerprint density at radius 1 is 1.31 bits per heavy atom. The molecule has 1 fully saturated rings. The van der Waals surface area contributed by atoms with Crippen LogP contribution in [0.25, 0.3) is 0 Å². The second-order valence-corrected chi connectivity index (χ2v) is 8.76. The molecule has 1 aliphatic heterocycles. The van der Waals surface area contributed by atoms with E-state index in [0.717, 1.165) is 19.6 Å². The van der Waals surface area contributed by atoms with Crippen LogP contribution in [0.4, 0.5) is 0 Å². The van der Waals surface area contributed by atoms with Crippen LogP contribution in [0.1, 0.15) is 33.1 Å². The van der Waals surface area contributed by atoms with E-state index in [1.807, 2.05) is 13.0 Å². The zero-order valence-electron chi connectivity index (χ0n) is 16.1. The third-order valence-electron chi connectivity index (χ3n) is 4.99. The van der Waals surface area contributed by atoms with E-state index in [9.17, 15) is 8.42 Å². The molecule has 0 radical (unpaired) electrons. The van der Waals surface area contributed by atoms with Gasteiger partial charge in [-0.1, -0.05) is 32.0 Å². The van der Waals surface area contributed by atoms with Gasteiger partial charge in [0, 0.05) is 25.7 Å². The van der Waals surface area contributed by atoms with Gasteiger partial charge in [-0.25, -0.2) is 8.42 Å². The smallest absolute Gasteiger partial charge is 0.191 e. The van der Waals surface area contributed by atoms with Crippen LogP contribution < -0.4 is 10.6 Å². The quantitative estimate of drug-likeness (QED) is 0.532. The Morgan fingerprint density at radius 2 is 2.04 bits per heavy atom. The molecule has 146 valence electrons. The number of sulfone groups is 1. The highest BCUT2D eigenvalue weighted by atomic mass is 32.2. The van der Waals surface area contributed by atoms with Gasteiger partial charge in [0.25, 0.3) is 0 Å². The second-order valence-electron chi connectivity index (χ2n) is 6.72. The number of likely N-dealkylation sites (tertiary alicyclic amines) is 1. The van der Waals surface area contributed by atoms with Crippen molar-refractivity contribution in [3.05, 3.63) is 30.3 Å². The van der Waals surface area contributed by atoms with Crippen molar-refractivity contribution in [3.63, 3.8) is 0 Å². The zero-order chi connectivity index (χ0) is 19.0. The summed E-state index contributed by atoms with van der Waals surface area (Å²) in [5.74, 6) is 0.724. The Morgan fingerprint density at radius 3 is 2.65 bits per heavy atom. The Balaban J connectivity index is 1.92. The summed E-state index contributed by atoms with van der Waals surface area (Å²) < 4.78 is 25.2. The fraction of sp³-hybridized carbons (Fsp3) is 0.632. The van der Waals surface area contributed by atoms with Gasteiger partial charge in [-0.2, -0.15) is 0 Å². The molecule has 0 amide bonds. The first-order valence-electron chi connectivity index (χ1n) is 9.49. The molecule has 0 aliphatic carbocycles. The number of nitrogens with one attached hydrogen (secondary N) is 2. The molecule has 26 heavy (non-hydrogen) atoms. The maximum atomic E-state index is 12.6. The molecular formula is C19H32N4O2S. The summed E-state index contributed by atoms with van der Waals surface area (Å²) in [6.07, 6.45) is 3.13. The van der Waals surface area contributed by atoms with Gasteiger partial charge in [0.2, 0.25) is 0 Å². The van der Waals surface area contributed by atoms with E-state index in [2.05, 4.69) is 27.4 Å². The van der Waals surface area contributed by atoms with Crippen LogP contribution >= 0.6 is 0 Å². The van der Waals surface area contributed by atoms with Crippen LogP contribution in [-0.4, -0.2) is 63.8 Å². The third kappa shape index (κ3) is 5.71. The predicted octanol–water partition coefficient (Wildman–Crippen LogP) is 1.89. The van der Waals surface area contributed by atoms with Crippen molar-refractivity contribution in [2.45, 2.75) is 50.1 Å². The van der Waals surface area contributed by atoms with Gasteiger partial charge in [-0.05, 0) is 44.5 Å². The first kappa shape index (κ1) is 20.7. The number of hydrogen-bond donors (Lipinski definition) is 2. The first-order chi connectivity index (χ1) is 12.5. The van der Waals surface area contributed by atoms with Gasteiger partial charge in [0.15, 0.2) is 15.8 Å². The zero-order valence-corrected chi connectivity index (χ0v) is 16.9. The van der Waals surface area contributed by atoms with Gasteiger partial charge >= 0.3 is 0 Å². The molecule has 2 N–H and O–H groups in total. The summed E-state index contributed by atoms with van der Waals surface area (Å²) in [6.45, 7) is 7.22. The van der Waals surface area contributed by atoms with E-state index < -0.39 is 9.84 Å². The van der Waals surface area contributed by atoms with Crippen LogP contribution in [0.3, 0.4) is 0 Å². The number of nitrogens with zero attached hydrogens (tertiary/aromatic N) is 2. The summed E-state index contributed by atoms with van der Waals surface area (Å²) in [5, 5.41) is 6.65. The molecule has 6 nitrogen and oxygen atoms in total. The Bertz CT molecular complexity index is 676. The van der Waals surface area contributed by atoms with E-state index in [-0.39, 0.29) is 11.8 Å². The molecule has 1 aromatic rings. The van der Waals surface area contributed by atoms with Gasteiger partial charge in [-0.3, -0.25) is 9.89 Å². The van der Waals surface area contributed by atoms with Gasteiger partial charge < -0.3 is 10.6 Å². The summed E-state index contributed by atoms with van der Waals surface area (Å²) in [4.78, 5) is 7.11. The van der Waals surface area contributed by atoms with Gasteiger partial charge in [-0.15, -0.1) is 0 Å². The maximum Gasteiger partial charge on any atom is 0.191 e. The van der Waals surface area contributed by atoms with Crippen LogP contribution in [0.15, 0.2) is 40.2 Å². The molecule has 0 saturated carbocycles. The normalized spacial score (nSPS) is 20.1. The standard InChI is InChI=1S/C19H32N4O2S/c1-4-16(15-26(24,25)18-11-7-6-8-12-18)22-19(20-3)21-14-17-10-9-13-23(17)5-2/h6-8,11-12,16-17H,4-5,9-10,13-15H2,1-3H3,(H2,20,21,22). The van der Waals surface area contributed by atoms with Crippen LogP contribution in [0.2, 0.25) is 0 Å². The highest BCUT2D eigenvalue weighted by Gasteiger charge is 2.24. The van der Waals surface area contributed by atoms with E-state index in [1.54, 1.807) is 31.3 Å². The molecule has 2 rings (SSSR count). The number of guanidine groups is 1. The number of aliphatic imine (C=N–C) groups is 1. The van der Waals surface area contributed by atoms with Crippen LogP contribution in [0, 0.1) is 0 Å². The summed E-state index contributed by atoms with van der Waals surface area (Å²) in [6, 6.07) is 8.96. The van der Waals surface area contributed by atoms with Gasteiger partial charge in [0.05, 0.1) is 10.6 Å². The molecule has 1 saturated heterocycles. The lowest BCUT2D eigenvalue weighted by atomic mass is 10.2. The molecule has 2 unspecified atom stereocenters. The molecule has 1 heterocycles. The number of benzene rings is 1.